The van der Waals surface area contributed by atoms with E-state index in [4.69, 9.17) is 10.5 Å². The van der Waals surface area contributed by atoms with Gasteiger partial charge in [-0.15, -0.1) is 0 Å². The van der Waals surface area contributed by atoms with Crippen molar-refractivity contribution in [2.45, 2.75) is 19.4 Å². The first-order chi connectivity index (χ1) is 7.58. The number of ether oxygens (including phenoxy) is 1. The lowest BCUT2D eigenvalue weighted by molar-refractivity contribution is -0.117. The van der Waals surface area contributed by atoms with Crippen molar-refractivity contribution >= 4 is 11.6 Å². The maximum Gasteiger partial charge on any atom is 0.241 e. The second-order valence-corrected chi connectivity index (χ2v) is 3.39. The van der Waals surface area contributed by atoms with Gasteiger partial charge < -0.3 is 20.9 Å². The van der Waals surface area contributed by atoms with E-state index in [0.29, 0.717) is 17.9 Å². The van der Waals surface area contributed by atoms with E-state index in [0.717, 1.165) is 0 Å². The number of amides is 1. The van der Waals surface area contributed by atoms with Gasteiger partial charge in [-0.2, -0.15) is 0 Å². The van der Waals surface area contributed by atoms with Crippen LogP contribution in [-0.4, -0.2) is 24.2 Å². The van der Waals surface area contributed by atoms with Gasteiger partial charge in [0.25, 0.3) is 0 Å². The number of hydrogen-bond acceptors (Lipinski definition) is 4. The molecule has 0 aliphatic rings. The minimum atomic E-state index is -0.578. The van der Waals surface area contributed by atoms with Crippen LogP contribution in [0.25, 0.3) is 0 Å². The SMILES string of the molecule is CCC(N)C(=O)Nc1cc(OC)ccc1O. The van der Waals surface area contributed by atoms with Gasteiger partial charge in [0, 0.05) is 6.07 Å². The van der Waals surface area contributed by atoms with Crippen molar-refractivity contribution in [2.75, 3.05) is 12.4 Å². The zero-order valence-corrected chi connectivity index (χ0v) is 9.36. The third kappa shape index (κ3) is 2.87. The lowest BCUT2D eigenvalue weighted by Crippen LogP contribution is -2.34. The van der Waals surface area contributed by atoms with Gasteiger partial charge in [-0.3, -0.25) is 4.79 Å². The largest absolute Gasteiger partial charge is 0.506 e. The van der Waals surface area contributed by atoms with Crippen LogP contribution in [0.3, 0.4) is 0 Å². The van der Waals surface area contributed by atoms with Crippen molar-refractivity contribution in [3.63, 3.8) is 0 Å². The third-order valence-electron chi connectivity index (χ3n) is 2.24. The van der Waals surface area contributed by atoms with Crippen molar-refractivity contribution in [1.82, 2.24) is 0 Å². The molecule has 0 radical (unpaired) electrons. The summed E-state index contributed by atoms with van der Waals surface area (Å²) in [6.45, 7) is 1.82. The quantitative estimate of drug-likeness (QED) is 0.668. The highest BCUT2D eigenvalue weighted by Gasteiger charge is 2.13. The standard InChI is InChI=1S/C11H16N2O3/c1-3-8(12)11(15)13-9-6-7(16-2)4-5-10(9)14/h4-6,8,14H,3,12H2,1-2H3,(H,13,15). The van der Waals surface area contributed by atoms with E-state index >= 15 is 0 Å². The summed E-state index contributed by atoms with van der Waals surface area (Å²) in [7, 11) is 1.51. The Hall–Kier alpha value is -1.75. The number of carbonyl (C=O) groups is 1. The smallest absolute Gasteiger partial charge is 0.241 e. The molecule has 88 valence electrons. The van der Waals surface area contributed by atoms with E-state index in [9.17, 15) is 9.90 Å². The van der Waals surface area contributed by atoms with Crippen LogP contribution in [0.2, 0.25) is 0 Å². The van der Waals surface area contributed by atoms with Gasteiger partial charge in [0.2, 0.25) is 5.91 Å². The first-order valence-electron chi connectivity index (χ1n) is 5.02. The molecule has 0 saturated heterocycles. The summed E-state index contributed by atoms with van der Waals surface area (Å²) in [6.07, 6.45) is 0.538. The number of anilines is 1. The Morgan fingerprint density at radius 1 is 1.62 bits per heavy atom. The molecule has 0 fully saturated rings. The second-order valence-electron chi connectivity index (χ2n) is 3.39. The van der Waals surface area contributed by atoms with Crippen LogP contribution < -0.4 is 15.8 Å². The first kappa shape index (κ1) is 12.3. The Morgan fingerprint density at radius 2 is 2.31 bits per heavy atom. The number of aromatic hydroxyl groups is 1. The van der Waals surface area contributed by atoms with E-state index in [1.165, 1.54) is 19.2 Å². The highest BCUT2D eigenvalue weighted by atomic mass is 16.5. The van der Waals surface area contributed by atoms with Gasteiger partial charge in [-0.1, -0.05) is 6.92 Å². The Kier molecular flexibility index (Phi) is 4.13. The molecule has 1 rings (SSSR count). The molecule has 1 amide bonds. The van der Waals surface area contributed by atoms with Gasteiger partial charge in [-0.25, -0.2) is 0 Å². The molecule has 0 bridgehead atoms. The maximum atomic E-state index is 11.5. The maximum absolute atomic E-state index is 11.5. The molecule has 4 N–H and O–H groups in total. The molecule has 0 aliphatic carbocycles. The number of hydrogen-bond donors (Lipinski definition) is 3. The molecule has 0 spiro atoms. The normalized spacial score (nSPS) is 11.9. The average Bonchev–Trinajstić information content (AvgIpc) is 2.30. The van der Waals surface area contributed by atoms with Crippen LogP contribution in [-0.2, 0) is 4.79 Å². The minimum absolute atomic E-state index is 0.0162. The molecule has 5 heteroatoms. The lowest BCUT2D eigenvalue weighted by Gasteiger charge is -2.12. The van der Waals surface area contributed by atoms with Gasteiger partial charge in [-0.05, 0) is 18.6 Å². The van der Waals surface area contributed by atoms with Crippen molar-refractivity contribution < 1.29 is 14.6 Å². The van der Waals surface area contributed by atoms with Crippen LogP contribution in [0.1, 0.15) is 13.3 Å². The molecule has 0 saturated carbocycles. The van der Waals surface area contributed by atoms with E-state index in [1.54, 1.807) is 6.07 Å². The third-order valence-corrected chi connectivity index (χ3v) is 2.24. The fourth-order valence-corrected chi connectivity index (χ4v) is 1.15. The minimum Gasteiger partial charge on any atom is -0.506 e. The van der Waals surface area contributed by atoms with E-state index < -0.39 is 6.04 Å². The van der Waals surface area contributed by atoms with E-state index in [1.807, 2.05) is 6.92 Å². The molecule has 0 aliphatic heterocycles. The zero-order valence-electron chi connectivity index (χ0n) is 9.36. The highest BCUT2D eigenvalue weighted by Crippen LogP contribution is 2.27. The van der Waals surface area contributed by atoms with E-state index in [-0.39, 0.29) is 11.7 Å². The molecule has 0 heterocycles. The molecule has 1 aromatic rings. The van der Waals surface area contributed by atoms with E-state index in [2.05, 4.69) is 5.32 Å². The fraction of sp³-hybridized carbons (Fsp3) is 0.364. The van der Waals surface area contributed by atoms with Crippen molar-refractivity contribution in [2.24, 2.45) is 5.73 Å². The molecule has 0 aromatic heterocycles. The van der Waals surface area contributed by atoms with Crippen LogP contribution in [0.15, 0.2) is 18.2 Å². The number of phenols is 1. The summed E-state index contributed by atoms with van der Waals surface area (Å²) in [4.78, 5) is 11.5. The number of phenolic OH excluding ortho intramolecular Hbond substituents is 1. The van der Waals surface area contributed by atoms with Crippen LogP contribution >= 0.6 is 0 Å². The summed E-state index contributed by atoms with van der Waals surface area (Å²) >= 11 is 0. The molecule has 1 unspecified atom stereocenters. The highest BCUT2D eigenvalue weighted by molar-refractivity contribution is 5.96. The number of methoxy groups -OCH3 is 1. The summed E-state index contributed by atoms with van der Waals surface area (Å²) in [5.41, 5.74) is 5.86. The number of nitrogens with one attached hydrogen (secondary N) is 1. The Morgan fingerprint density at radius 3 is 2.88 bits per heavy atom. The van der Waals surface area contributed by atoms with Crippen LogP contribution in [0, 0.1) is 0 Å². The van der Waals surface area contributed by atoms with Crippen molar-refractivity contribution in [1.29, 1.82) is 0 Å². The van der Waals surface area contributed by atoms with Gasteiger partial charge in [0.1, 0.15) is 11.5 Å². The lowest BCUT2D eigenvalue weighted by atomic mass is 10.2. The predicted octanol–water partition coefficient (Wildman–Crippen LogP) is 1.08. The van der Waals surface area contributed by atoms with Gasteiger partial charge >= 0.3 is 0 Å². The Bertz CT molecular complexity index is 379. The Balaban J connectivity index is 2.83. The topological polar surface area (TPSA) is 84.6 Å². The summed E-state index contributed by atoms with van der Waals surface area (Å²) in [6, 6.07) is 4.01. The molecule has 5 nitrogen and oxygen atoms in total. The average molecular weight is 224 g/mol. The molecular weight excluding hydrogens is 208 g/mol. The summed E-state index contributed by atoms with van der Waals surface area (Å²) in [5, 5.41) is 12.1. The fourth-order valence-electron chi connectivity index (χ4n) is 1.15. The monoisotopic (exact) mass is 224 g/mol. The summed E-state index contributed by atoms with van der Waals surface area (Å²) < 4.78 is 4.98. The number of rotatable bonds is 4. The predicted molar refractivity (Wildman–Crippen MR) is 61.6 cm³/mol. The molecule has 1 aromatic carbocycles. The Labute approximate surface area is 94.2 Å². The van der Waals surface area contributed by atoms with Crippen LogP contribution in [0.4, 0.5) is 5.69 Å². The van der Waals surface area contributed by atoms with Crippen LogP contribution in [0.5, 0.6) is 11.5 Å². The first-order valence-corrected chi connectivity index (χ1v) is 5.02. The van der Waals surface area contributed by atoms with Crippen molar-refractivity contribution in [3.05, 3.63) is 18.2 Å². The second kappa shape index (κ2) is 5.37. The van der Waals surface area contributed by atoms with Gasteiger partial charge in [0.15, 0.2) is 0 Å². The number of nitrogens with two attached hydrogens (primary N) is 1. The zero-order chi connectivity index (χ0) is 12.1. The summed E-state index contributed by atoms with van der Waals surface area (Å²) in [5.74, 6) is 0.210. The number of benzene rings is 1. The molecular formula is C11H16N2O3. The van der Waals surface area contributed by atoms with Crippen molar-refractivity contribution in [3.8, 4) is 11.5 Å². The molecule has 16 heavy (non-hydrogen) atoms. The number of carbonyl (C=O) groups excluding carboxylic acids is 1. The molecule has 1 atom stereocenters. The van der Waals surface area contributed by atoms with Gasteiger partial charge in [0.05, 0.1) is 18.8 Å².